The first kappa shape index (κ1) is 23.8. The Kier molecular flexibility index (Phi) is 5.40. The van der Waals surface area contributed by atoms with Crippen LogP contribution >= 0.6 is 6.89 Å². The zero-order valence-corrected chi connectivity index (χ0v) is 21.7. The first-order valence-corrected chi connectivity index (χ1v) is 14.6. The topological polar surface area (TPSA) is 0 Å². The zero-order valence-electron chi connectivity index (χ0n) is 20.8. The molecule has 0 saturated heterocycles. The van der Waals surface area contributed by atoms with Crippen molar-refractivity contribution in [3.63, 3.8) is 0 Å². The normalized spacial score (nSPS) is 12.1. The van der Waals surface area contributed by atoms with Crippen LogP contribution in [0.3, 0.4) is 0 Å². The molecule has 4 heteroatoms. The van der Waals surface area contributed by atoms with Crippen LogP contribution in [0.5, 0.6) is 0 Å². The SMILES string of the molecule is C=P(c1cc(F)c(F)c(F)c1)(c1cc2ccccc2c2ccccc12)c1cc2ccccc2c2ccccc12. The third-order valence-corrected chi connectivity index (χ3v) is 11.2. The van der Waals surface area contributed by atoms with Gasteiger partial charge in [0, 0.05) is 0 Å². The van der Waals surface area contributed by atoms with Crippen LogP contribution in [0.15, 0.2) is 121 Å². The van der Waals surface area contributed by atoms with Crippen molar-refractivity contribution < 1.29 is 13.2 Å². The Bertz CT molecular complexity index is 2000. The van der Waals surface area contributed by atoms with Crippen molar-refractivity contribution in [1.29, 1.82) is 0 Å². The summed E-state index contributed by atoms with van der Waals surface area (Å²) in [5, 5.41) is 10.3. The molecule has 0 fully saturated rings. The van der Waals surface area contributed by atoms with Gasteiger partial charge in [0.2, 0.25) is 0 Å². The molecule has 0 heterocycles. The maximum atomic E-state index is 14.9. The summed E-state index contributed by atoms with van der Waals surface area (Å²) < 4.78 is 44.1. The van der Waals surface area contributed by atoms with Crippen molar-refractivity contribution in [2.75, 3.05) is 0 Å². The molecule has 0 N–H and O–H groups in total. The number of hydrogen-bond acceptors (Lipinski definition) is 0. The van der Waals surface area contributed by atoms with Crippen LogP contribution in [-0.4, -0.2) is 6.30 Å². The predicted octanol–water partition coefficient (Wildman–Crippen LogP) is 8.44. The maximum Gasteiger partial charge on any atom is 0.194 e. The number of fused-ring (bicyclic) bond motifs is 6. The summed E-state index contributed by atoms with van der Waals surface area (Å²) in [6.45, 7) is -3.00. The fraction of sp³-hybridized carbons (Fsp3) is 0. The molecule has 0 atom stereocenters. The van der Waals surface area contributed by atoms with E-state index in [1.54, 1.807) is 0 Å². The van der Waals surface area contributed by atoms with Gasteiger partial charge in [-0.25, -0.2) is 13.2 Å². The number of halogens is 3. The summed E-state index contributed by atoms with van der Waals surface area (Å²) in [4.78, 5) is 0. The molecule has 0 aliphatic heterocycles. The van der Waals surface area contributed by atoms with Gasteiger partial charge in [-0.05, 0) is 90.2 Å². The van der Waals surface area contributed by atoms with Gasteiger partial charge < -0.3 is 0 Å². The van der Waals surface area contributed by atoms with Gasteiger partial charge in [-0.15, -0.1) is 0 Å². The van der Waals surface area contributed by atoms with E-state index in [1.807, 2.05) is 72.8 Å². The molecule has 0 amide bonds. The molecule has 0 aliphatic carbocycles. The number of hydrogen-bond donors (Lipinski definition) is 0. The smallest absolute Gasteiger partial charge is 0.194 e. The van der Waals surface area contributed by atoms with Gasteiger partial charge in [0.1, 0.15) is 0 Å². The summed E-state index contributed by atoms with van der Waals surface area (Å²) in [5.41, 5.74) is 0. The van der Waals surface area contributed by atoms with E-state index in [-0.39, 0.29) is 0 Å². The Balaban J connectivity index is 1.72. The zero-order chi connectivity index (χ0) is 26.7. The highest BCUT2D eigenvalue weighted by Gasteiger charge is 2.29. The summed E-state index contributed by atoms with van der Waals surface area (Å²) in [5.74, 6) is -3.90. The van der Waals surface area contributed by atoms with Crippen LogP contribution in [0.25, 0.3) is 43.1 Å². The molecule has 188 valence electrons. The Morgan fingerprint density at radius 3 is 1.23 bits per heavy atom. The van der Waals surface area contributed by atoms with E-state index in [9.17, 15) is 13.2 Å². The molecule has 7 aromatic rings. The molecule has 0 aliphatic rings. The average Bonchev–Trinajstić information content (AvgIpc) is 2.98. The molecule has 0 unspecified atom stereocenters. The van der Waals surface area contributed by atoms with Gasteiger partial charge in [-0.2, -0.15) is 0 Å². The fourth-order valence-corrected chi connectivity index (χ4v) is 9.29. The molecular weight excluding hydrogens is 508 g/mol. The molecule has 0 saturated carbocycles. The lowest BCUT2D eigenvalue weighted by molar-refractivity contribution is 0.448. The van der Waals surface area contributed by atoms with Crippen LogP contribution in [0, 0.1) is 17.5 Å². The van der Waals surface area contributed by atoms with Crippen LogP contribution in [0.2, 0.25) is 0 Å². The van der Waals surface area contributed by atoms with E-state index in [4.69, 9.17) is 6.30 Å². The minimum atomic E-state index is -3.00. The van der Waals surface area contributed by atoms with E-state index >= 15 is 0 Å². The van der Waals surface area contributed by atoms with Crippen molar-refractivity contribution in [2.45, 2.75) is 0 Å². The van der Waals surface area contributed by atoms with Crippen LogP contribution in [0.4, 0.5) is 13.2 Å². The van der Waals surface area contributed by atoms with E-state index in [0.29, 0.717) is 5.30 Å². The van der Waals surface area contributed by atoms with E-state index in [0.717, 1.165) is 65.8 Å². The lowest BCUT2D eigenvalue weighted by Gasteiger charge is -2.30. The Hall–Kier alpha value is -4.33. The summed E-state index contributed by atoms with van der Waals surface area (Å²) >= 11 is 0. The van der Waals surface area contributed by atoms with Crippen molar-refractivity contribution in [2.24, 2.45) is 0 Å². The molecule has 0 radical (unpaired) electrons. The Morgan fingerprint density at radius 1 is 0.436 bits per heavy atom. The molecule has 39 heavy (non-hydrogen) atoms. The molecule has 7 aromatic carbocycles. The highest BCUT2D eigenvalue weighted by Crippen LogP contribution is 2.48. The highest BCUT2D eigenvalue weighted by atomic mass is 31.2. The second-order valence-electron chi connectivity index (χ2n) is 9.86. The Labute approximate surface area is 223 Å². The van der Waals surface area contributed by atoms with Gasteiger partial charge in [-0.3, -0.25) is 0 Å². The fourth-order valence-electron chi connectivity index (χ4n) is 5.87. The second kappa shape index (κ2) is 8.86. The van der Waals surface area contributed by atoms with Gasteiger partial charge in [0.15, 0.2) is 17.5 Å². The average molecular weight is 531 g/mol. The van der Waals surface area contributed by atoms with Crippen molar-refractivity contribution in [3.05, 3.63) is 139 Å². The van der Waals surface area contributed by atoms with E-state index in [2.05, 4.69) is 36.4 Å². The first-order valence-electron chi connectivity index (χ1n) is 12.7. The van der Waals surface area contributed by atoms with Crippen molar-refractivity contribution in [1.82, 2.24) is 0 Å². The molecular formula is C35H22F3P. The van der Waals surface area contributed by atoms with Crippen molar-refractivity contribution in [3.8, 4) is 0 Å². The predicted molar refractivity (Wildman–Crippen MR) is 162 cm³/mol. The van der Waals surface area contributed by atoms with Crippen LogP contribution in [-0.2, 0) is 0 Å². The largest absolute Gasteiger partial charge is 0.204 e. The molecule has 0 aromatic heterocycles. The second-order valence-corrected chi connectivity index (χ2v) is 13.0. The van der Waals surface area contributed by atoms with Gasteiger partial charge in [-0.1, -0.05) is 103 Å². The minimum Gasteiger partial charge on any atom is -0.204 e. The van der Waals surface area contributed by atoms with Crippen LogP contribution < -0.4 is 15.9 Å². The molecule has 7 rings (SSSR count). The third kappa shape index (κ3) is 3.54. The van der Waals surface area contributed by atoms with Crippen molar-refractivity contribution >= 4 is 72.2 Å². The monoisotopic (exact) mass is 530 g/mol. The van der Waals surface area contributed by atoms with Gasteiger partial charge in [0.05, 0.1) is 0 Å². The summed E-state index contributed by atoms with van der Waals surface area (Å²) in [6.07, 6.45) is 4.86. The highest BCUT2D eigenvalue weighted by molar-refractivity contribution is 7.94. The molecule has 0 bridgehead atoms. The van der Waals surface area contributed by atoms with E-state index in [1.165, 1.54) is 0 Å². The molecule has 0 spiro atoms. The van der Waals surface area contributed by atoms with Gasteiger partial charge >= 0.3 is 0 Å². The lowest BCUT2D eigenvalue weighted by Crippen LogP contribution is -2.28. The first-order chi connectivity index (χ1) is 19.0. The minimum absolute atomic E-state index is 0.347. The van der Waals surface area contributed by atoms with Gasteiger partial charge in [0.25, 0.3) is 0 Å². The molecule has 0 nitrogen and oxygen atoms in total. The lowest BCUT2D eigenvalue weighted by atomic mass is 10.0. The third-order valence-electron chi connectivity index (χ3n) is 7.72. The van der Waals surface area contributed by atoms with Crippen LogP contribution in [0.1, 0.15) is 0 Å². The summed E-state index contributed by atoms with van der Waals surface area (Å²) in [7, 11) is 0. The number of rotatable bonds is 3. The Morgan fingerprint density at radius 2 is 0.795 bits per heavy atom. The maximum absolute atomic E-state index is 14.9. The quantitative estimate of drug-likeness (QED) is 0.122. The van der Waals surface area contributed by atoms with E-state index < -0.39 is 24.3 Å². The standard InChI is InChI=1S/C35H22F3P/c1-39(24-20-31(36)35(38)32(37)21-24,33-18-22-10-2-4-12-25(22)27-14-6-8-16-29(27)33)34-19-23-11-3-5-13-26(23)28-15-7-9-17-30(28)34/h2-21H,1H2. The summed E-state index contributed by atoms with van der Waals surface area (Å²) in [6, 6.07) is 38.8. The number of benzene rings is 7.